The highest BCUT2D eigenvalue weighted by Crippen LogP contribution is 2.45. The lowest BCUT2D eigenvalue weighted by Crippen LogP contribution is -2.28. The molecule has 29 heavy (non-hydrogen) atoms. The predicted molar refractivity (Wildman–Crippen MR) is 119 cm³/mol. The molecule has 0 saturated carbocycles. The summed E-state index contributed by atoms with van der Waals surface area (Å²) < 4.78 is 20.8. The average Bonchev–Trinajstić information content (AvgIpc) is 3.10. The van der Waals surface area contributed by atoms with Gasteiger partial charge in [-0.2, -0.15) is 0 Å². The van der Waals surface area contributed by atoms with E-state index >= 15 is 0 Å². The van der Waals surface area contributed by atoms with E-state index in [2.05, 4.69) is 15.9 Å². The monoisotopic (exact) mass is 491 g/mol. The fraction of sp³-hybridized carbons (Fsp3) is 0.136. The molecule has 0 aromatic heterocycles. The van der Waals surface area contributed by atoms with Crippen LogP contribution in [0.25, 0.3) is 0 Å². The van der Waals surface area contributed by atoms with Crippen molar-refractivity contribution < 1.29 is 13.9 Å². The SMILES string of the molecule is O=C1CS[C@@H](c2cc(Br)ccc2OCc2ccccc2F)N1c1ccc(Cl)cc1. The second kappa shape index (κ2) is 8.78. The molecular weight excluding hydrogens is 477 g/mol. The maximum Gasteiger partial charge on any atom is 0.238 e. The molecule has 3 aromatic carbocycles. The average molecular weight is 493 g/mol. The van der Waals surface area contributed by atoms with E-state index in [9.17, 15) is 9.18 Å². The first-order valence-corrected chi connectivity index (χ1v) is 11.1. The van der Waals surface area contributed by atoms with E-state index in [-0.39, 0.29) is 23.7 Å². The van der Waals surface area contributed by atoms with Gasteiger partial charge in [0.15, 0.2) is 0 Å². The van der Waals surface area contributed by atoms with Crippen molar-refractivity contribution in [3.05, 3.63) is 93.2 Å². The molecule has 0 unspecified atom stereocenters. The molecule has 0 N–H and O–H groups in total. The van der Waals surface area contributed by atoms with Gasteiger partial charge in [-0.3, -0.25) is 9.69 Å². The molecule has 1 fully saturated rings. The molecular formula is C22H16BrClFNO2S. The number of carbonyl (C=O) groups excluding carboxylic acids is 1. The van der Waals surface area contributed by atoms with Gasteiger partial charge in [0.05, 0.1) is 5.75 Å². The van der Waals surface area contributed by atoms with Crippen LogP contribution >= 0.6 is 39.3 Å². The Labute approximate surface area is 185 Å². The first-order valence-electron chi connectivity index (χ1n) is 8.88. The number of hydrogen-bond donors (Lipinski definition) is 0. The minimum atomic E-state index is -0.306. The number of hydrogen-bond acceptors (Lipinski definition) is 3. The van der Waals surface area contributed by atoms with Gasteiger partial charge in [0.2, 0.25) is 5.91 Å². The quantitative estimate of drug-likeness (QED) is 0.402. The molecule has 0 aliphatic carbocycles. The Balaban J connectivity index is 1.66. The Morgan fingerprint density at radius 1 is 1.14 bits per heavy atom. The van der Waals surface area contributed by atoms with Crippen molar-refractivity contribution in [1.29, 1.82) is 0 Å². The highest BCUT2D eigenvalue weighted by Gasteiger charge is 2.36. The molecule has 3 nitrogen and oxygen atoms in total. The van der Waals surface area contributed by atoms with E-state index < -0.39 is 0 Å². The fourth-order valence-electron chi connectivity index (χ4n) is 3.15. The van der Waals surface area contributed by atoms with Crippen molar-refractivity contribution in [2.24, 2.45) is 0 Å². The van der Waals surface area contributed by atoms with Crippen molar-refractivity contribution in [1.82, 2.24) is 0 Å². The molecule has 1 saturated heterocycles. The van der Waals surface area contributed by atoms with Crippen LogP contribution in [0.5, 0.6) is 5.75 Å². The van der Waals surface area contributed by atoms with Crippen LogP contribution in [0.15, 0.2) is 71.2 Å². The fourth-order valence-corrected chi connectivity index (χ4v) is 4.85. The summed E-state index contributed by atoms with van der Waals surface area (Å²) in [7, 11) is 0. The third-order valence-electron chi connectivity index (χ3n) is 4.55. The van der Waals surface area contributed by atoms with Gasteiger partial charge >= 0.3 is 0 Å². The van der Waals surface area contributed by atoms with Gasteiger partial charge in [-0.1, -0.05) is 45.7 Å². The molecule has 1 amide bonds. The van der Waals surface area contributed by atoms with Crippen molar-refractivity contribution in [2.75, 3.05) is 10.7 Å². The van der Waals surface area contributed by atoms with Crippen LogP contribution in [0.4, 0.5) is 10.1 Å². The smallest absolute Gasteiger partial charge is 0.238 e. The summed E-state index contributed by atoms with van der Waals surface area (Å²) in [4.78, 5) is 14.4. The first-order chi connectivity index (χ1) is 14.0. The summed E-state index contributed by atoms with van der Waals surface area (Å²) in [6.07, 6.45) is 0. The lowest BCUT2D eigenvalue weighted by molar-refractivity contribution is -0.115. The summed E-state index contributed by atoms with van der Waals surface area (Å²) in [5.41, 5.74) is 2.10. The van der Waals surface area contributed by atoms with Crippen LogP contribution in [0.2, 0.25) is 5.02 Å². The van der Waals surface area contributed by atoms with Gasteiger partial charge in [-0.15, -0.1) is 11.8 Å². The highest BCUT2D eigenvalue weighted by atomic mass is 79.9. The number of carbonyl (C=O) groups is 1. The third kappa shape index (κ3) is 4.44. The maximum atomic E-state index is 14.0. The normalized spacial score (nSPS) is 16.3. The number of rotatable bonds is 5. The predicted octanol–water partition coefficient (Wildman–Crippen LogP) is 6.60. The molecule has 0 radical (unpaired) electrons. The van der Waals surface area contributed by atoms with Crippen LogP contribution < -0.4 is 9.64 Å². The number of ether oxygens (including phenoxy) is 1. The number of halogens is 3. The van der Waals surface area contributed by atoms with Crippen LogP contribution in [0, 0.1) is 5.82 Å². The Kier molecular flexibility index (Phi) is 6.13. The van der Waals surface area contributed by atoms with E-state index in [0.29, 0.717) is 22.1 Å². The number of amides is 1. The maximum absolute atomic E-state index is 14.0. The number of thioether (sulfide) groups is 1. The van der Waals surface area contributed by atoms with Crippen molar-refractivity contribution in [3.8, 4) is 5.75 Å². The van der Waals surface area contributed by atoms with Crippen molar-refractivity contribution in [2.45, 2.75) is 12.0 Å². The summed E-state index contributed by atoms with van der Waals surface area (Å²) in [6.45, 7) is 0.105. The molecule has 1 aliphatic rings. The number of benzene rings is 3. The minimum absolute atomic E-state index is 0.0161. The van der Waals surface area contributed by atoms with Crippen LogP contribution in [-0.2, 0) is 11.4 Å². The number of nitrogens with zero attached hydrogens (tertiary/aromatic N) is 1. The second-order valence-electron chi connectivity index (χ2n) is 6.47. The lowest BCUT2D eigenvalue weighted by Gasteiger charge is -2.26. The summed E-state index contributed by atoms with van der Waals surface area (Å²) in [6, 6.07) is 19.4. The first kappa shape index (κ1) is 20.3. The molecule has 148 valence electrons. The summed E-state index contributed by atoms with van der Waals surface area (Å²) in [5.74, 6) is 0.691. The van der Waals surface area contributed by atoms with E-state index in [1.807, 2.05) is 30.3 Å². The molecule has 0 bridgehead atoms. The molecule has 1 aliphatic heterocycles. The Morgan fingerprint density at radius 2 is 1.90 bits per heavy atom. The Bertz CT molecular complexity index is 1050. The molecule has 1 atom stereocenters. The molecule has 1 heterocycles. The third-order valence-corrected chi connectivity index (χ3v) is 6.49. The van der Waals surface area contributed by atoms with Crippen LogP contribution in [-0.4, -0.2) is 11.7 Å². The van der Waals surface area contributed by atoms with Gasteiger partial charge in [0, 0.05) is 26.3 Å². The second-order valence-corrected chi connectivity index (χ2v) is 8.89. The van der Waals surface area contributed by atoms with Crippen molar-refractivity contribution in [3.63, 3.8) is 0 Å². The van der Waals surface area contributed by atoms with Gasteiger partial charge in [-0.05, 0) is 48.5 Å². The van der Waals surface area contributed by atoms with Gasteiger partial charge < -0.3 is 4.74 Å². The highest BCUT2D eigenvalue weighted by molar-refractivity contribution is 9.10. The number of anilines is 1. The van der Waals surface area contributed by atoms with Gasteiger partial charge in [0.25, 0.3) is 0 Å². The standard InChI is InChI=1S/C22H16BrClFNO2S/c23-15-5-10-20(28-12-14-3-1-2-4-19(14)25)18(11-15)22-26(21(27)13-29-22)17-8-6-16(24)7-9-17/h1-11,22H,12-13H2/t22-/m0/s1. The zero-order chi connectivity index (χ0) is 20.4. The molecule has 4 rings (SSSR count). The van der Waals surface area contributed by atoms with Gasteiger partial charge in [0.1, 0.15) is 23.5 Å². The van der Waals surface area contributed by atoms with Gasteiger partial charge in [-0.25, -0.2) is 4.39 Å². The van der Waals surface area contributed by atoms with E-state index in [4.69, 9.17) is 16.3 Å². The van der Waals surface area contributed by atoms with E-state index in [1.54, 1.807) is 35.2 Å². The van der Waals surface area contributed by atoms with Crippen LogP contribution in [0.1, 0.15) is 16.5 Å². The topological polar surface area (TPSA) is 29.5 Å². The largest absolute Gasteiger partial charge is 0.488 e. The lowest BCUT2D eigenvalue weighted by atomic mass is 10.1. The summed E-state index contributed by atoms with van der Waals surface area (Å²) in [5, 5.41) is 0.359. The van der Waals surface area contributed by atoms with Crippen LogP contribution in [0.3, 0.4) is 0 Å². The molecule has 0 spiro atoms. The van der Waals surface area contributed by atoms with Crippen molar-refractivity contribution >= 4 is 50.9 Å². The molecule has 3 aromatic rings. The Morgan fingerprint density at radius 3 is 2.66 bits per heavy atom. The summed E-state index contributed by atoms with van der Waals surface area (Å²) >= 11 is 11.0. The Hall–Kier alpha value is -2.02. The van der Waals surface area contributed by atoms with E-state index in [0.717, 1.165) is 15.7 Å². The zero-order valence-electron chi connectivity index (χ0n) is 15.1. The van der Waals surface area contributed by atoms with E-state index in [1.165, 1.54) is 17.8 Å². The minimum Gasteiger partial charge on any atom is -0.488 e. The zero-order valence-corrected chi connectivity index (χ0v) is 18.3. The molecule has 7 heteroatoms.